The predicted octanol–water partition coefficient (Wildman–Crippen LogP) is 2.76. The molecule has 1 unspecified atom stereocenters. The summed E-state index contributed by atoms with van der Waals surface area (Å²) in [6.07, 6.45) is -0.236. The molecule has 0 aliphatic heterocycles. The van der Waals surface area contributed by atoms with Crippen LogP contribution in [0.4, 0.5) is 4.39 Å². The van der Waals surface area contributed by atoms with Gasteiger partial charge in [-0.05, 0) is 18.1 Å². The highest BCUT2D eigenvalue weighted by atomic mass is 35.5. The highest BCUT2D eigenvalue weighted by molar-refractivity contribution is 6.31. The minimum Gasteiger partial charge on any atom is -0.505 e. The molecule has 0 aromatic heterocycles. The fraction of sp³-hybridized carbons (Fsp3) is 0.300. The summed E-state index contributed by atoms with van der Waals surface area (Å²) in [5, 5.41) is 17.8. The second-order valence-electron chi connectivity index (χ2n) is 3.29. The molecule has 0 saturated heterocycles. The lowest BCUT2D eigenvalue weighted by molar-refractivity contribution is -0.137. The topological polar surface area (TPSA) is 57.5 Å². The molecule has 0 amide bonds. The van der Waals surface area contributed by atoms with E-state index in [0.29, 0.717) is 0 Å². The number of carbonyl (C=O) groups is 1. The van der Waals surface area contributed by atoms with Crippen LogP contribution in [0.15, 0.2) is 12.1 Å². The molecule has 0 aliphatic rings. The van der Waals surface area contributed by atoms with Crippen LogP contribution in [-0.2, 0) is 4.79 Å². The van der Waals surface area contributed by atoms with E-state index >= 15 is 0 Å². The number of halogens is 2. The third kappa shape index (κ3) is 2.59. The van der Waals surface area contributed by atoms with E-state index in [9.17, 15) is 9.18 Å². The van der Waals surface area contributed by atoms with Gasteiger partial charge < -0.3 is 10.2 Å². The molecule has 0 spiro atoms. The molecule has 1 aromatic carbocycles. The first-order valence-corrected chi connectivity index (χ1v) is 4.70. The smallest absolute Gasteiger partial charge is 0.303 e. The van der Waals surface area contributed by atoms with E-state index in [1.165, 1.54) is 13.0 Å². The van der Waals surface area contributed by atoms with Crippen molar-refractivity contribution in [2.75, 3.05) is 0 Å². The van der Waals surface area contributed by atoms with E-state index in [1.807, 2.05) is 0 Å². The Hall–Kier alpha value is -1.29. The Bertz CT molecular complexity index is 392. The van der Waals surface area contributed by atoms with Crippen LogP contribution in [0.2, 0.25) is 5.02 Å². The molecular formula is C10H10ClFO3. The summed E-state index contributed by atoms with van der Waals surface area (Å²) in [7, 11) is 0. The Morgan fingerprint density at radius 3 is 2.73 bits per heavy atom. The van der Waals surface area contributed by atoms with Crippen molar-refractivity contribution >= 4 is 17.6 Å². The molecule has 1 aromatic rings. The number of benzene rings is 1. The number of carboxylic acids is 1. The van der Waals surface area contributed by atoms with Crippen molar-refractivity contribution < 1.29 is 19.4 Å². The van der Waals surface area contributed by atoms with Crippen molar-refractivity contribution in [3.05, 3.63) is 28.5 Å². The fourth-order valence-corrected chi connectivity index (χ4v) is 1.71. The van der Waals surface area contributed by atoms with E-state index in [2.05, 4.69) is 0 Å². The number of aromatic hydroxyl groups is 1. The molecule has 0 bridgehead atoms. The number of carboxylic acid groups (broad SMARTS) is 1. The minimum absolute atomic E-state index is 0.0408. The standard InChI is InChI=1S/C10H10ClFO3/c1-5(4-8(14)15)9-6(11)2-3-7(13)10(9)12/h2-3,5,13H,4H2,1H3,(H,14,15). The first-order valence-electron chi connectivity index (χ1n) is 4.32. The van der Waals surface area contributed by atoms with Crippen LogP contribution in [0.1, 0.15) is 24.8 Å². The quantitative estimate of drug-likeness (QED) is 0.843. The van der Waals surface area contributed by atoms with Gasteiger partial charge in [-0.1, -0.05) is 18.5 Å². The lowest BCUT2D eigenvalue weighted by Crippen LogP contribution is -2.05. The monoisotopic (exact) mass is 232 g/mol. The van der Waals surface area contributed by atoms with E-state index in [0.717, 1.165) is 6.07 Å². The summed E-state index contributed by atoms with van der Waals surface area (Å²) in [5.74, 6) is -2.99. The van der Waals surface area contributed by atoms with Gasteiger partial charge in [-0.15, -0.1) is 0 Å². The third-order valence-electron chi connectivity index (χ3n) is 2.08. The van der Waals surface area contributed by atoms with Gasteiger partial charge in [-0.3, -0.25) is 4.79 Å². The number of phenols is 1. The van der Waals surface area contributed by atoms with Crippen molar-refractivity contribution in [3.8, 4) is 5.75 Å². The van der Waals surface area contributed by atoms with Crippen LogP contribution in [0.3, 0.4) is 0 Å². The molecule has 1 rings (SSSR count). The van der Waals surface area contributed by atoms with Gasteiger partial charge in [0, 0.05) is 10.6 Å². The molecule has 0 fully saturated rings. The summed E-state index contributed by atoms with van der Waals surface area (Å²) in [5.41, 5.74) is 0.0408. The van der Waals surface area contributed by atoms with Gasteiger partial charge in [-0.2, -0.15) is 0 Å². The summed E-state index contributed by atoms with van der Waals surface area (Å²) in [6, 6.07) is 2.47. The SMILES string of the molecule is CC(CC(=O)O)c1c(Cl)ccc(O)c1F. The molecule has 0 saturated carbocycles. The van der Waals surface area contributed by atoms with E-state index in [1.54, 1.807) is 0 Å². The molecule has 0 radical (unpaired) electrons. The summed E-state index contributed by atoms with van der Waals surface area (Å²) >= 11 is 5.74. The van der Waals surface area contributed by atoms with Gasteiger partial charge in [0.2, 0.25) is 0 Å². The first kappa shape index (κ1) is 11.8. The summed E-state index contributed by atoms with van der Waals surface area (Å²) in [4.78, 5) is 10.5. The molecule has 82 valence electrons. The van der Waals surface area contributed by atoms with Gasteiger partial charge in [0.1, 0.15) is 0 Å². The minimum atomic E-state index is -1.04. The van der Waals surface area contributed by atoms with Crippen LogP contribution in [-0.4, -0.2) is 16.2 Å². The second-order valence-corrected chi connectivity index (χ2v) is 3.70. The number of phenolic OH excluding ortho intramolecular Hbond substituents is 1. The molecule has 5 heteroatoms. The second kappa shape index (κ2) is 4.49. The zero-order valence-electron chi connectivity index (χ0n) is 8.00. The third-order valence-corrected chi connectivity index (χ3v) is 2.41. The maximum absolute atomic E-state index is 13.4. The summed E-state index contributed by atoms with van der Waals surface area (Å²) in [6.45, 7) is 1.54. The maximum Gasteiger partial charge on any atom is 0.303 e. The molecule has 2 N–H and O–H groups in total. The largest absolute Gasteiger partial charge is 0.505 e. The summed E-state index contributed by atoms with van der Waals surface area (Å²) < 4.78 is 13.4. The van der Waals surface area contributed by atoms with Crippen LogP contribution in [0.25, 0.3) is 0 Å². The van der Waals surface area contributed by atoms with Crippen molar-refractivity contribution in [1.29, 1.82) is 0 Å². The van der Waals surface area contributed by atoms with Gasteiger partial charge in [0.05, 0.1) is 6.42 Å². The average molecular weight is 233 g/mol. The van der Waals surface area contributed by atoms with E-state index in [4.69, 9.17) is 21.8 Å². The highest BCUT2D eigenvalue weighted by Crippen LogP contribution is 2.33. The molecule has 15 heavy (non-hydrogen) atoms. The molecule has 0 heterocycles. The Kier molecular flexibility index (Phi) is 3.52. The van der Waals surface area contributed by atoms with Gasteiger partial charge in [0.25, 0.3) is 0 Å². The van der Waals surface area contributed by atoms with Crippen LogP contribution < -0.4 is 0 Å². The normalized spacial score (nSPS) is 12.5. The van der Waals surface area contributed by atoms with Crippen LogP contribution in [0, 0.1) is 5.82 Å². The van der Waals surface area contributed by atoms with E-state index in [-0.39, 0.29) is 17.0 Å². The zero-order valence-corrected chi connectivity index (χ0v) is 8.75. The van der Waals surface area contributed by atoms with Crippen LogP contribution in [0.5, 0.6) is 5.75 Å². The Labute approximate surface area is 91.1 Å². The maximum atomic E-state index is 13.4. The van der Waals surface area contributed by atoms with Crippen molar-refractivity contribution in [2.24, 2.45) is 0 Å². The van der Waals surface area contributed by atoms with Crippen molar-refractivity contribution in [2.45, 2.75) is 19.3 Å². The van der Waals surface area contributed by atoms with Crippen molar-refractivity contribution in [1.82, 2.24) is 0 Å². The number of hydrogen-bond acceptors (Lipinski definition) is 2. The molecule has 1 atom stereocenters. The van der Waals surface area contributed by atoms with Crippen molar-refractivity contribution in [3.63, 3.8) is 0 Å². The Balaban J connectivity index is 3.12. The van der Waals surface area contributed by atoms with Gasteiger partial charge >= 0.3 is 5.97 Å². The zero-order chi connectivity index (χ0) is 11.6. The lowest BCUT2D eigenvalue weighted by Gasteiger charge is -2.12. The highest BCUT2D eigenvalue weighted by Gasteiger charge is 2.20. The Morgan fingerprint density at radius 1 is 1.60 bits per heavy atom. The molecule has 3 nitrogen and oxygen atoms in total. The number of hydrogen-bond donors (Lipinski definition) is 2. The number of aliphatic carboxylic acids is 1. The Morgan fingerprint density at radius 2 is 2.20 bits per heavy atom. The average Bonchev–Trinajstić information content (AvgIpc) is 2.11. The lowest BCUT2D eigenvalue weighted by atomic mass is 9.97. The van der Waals surface area contributed by atoms with Gasteiger partial charge in [0.15, 0.2) is 11.6 Å². The first-order chi connectivity index (χ1) is 6.93. The molecule has 0 aliphatic carbocycles. The predicted molar refractivity (Wildman–Crippen MR) is 53.7 cm³/mol. The van der Waals surface area contributed by atoms with E-state index < -0.39 is 23.5 Å². The number of rotatable bonds is 3. The van der Waals surface area contributed by atoms with Gasteiger partial charge in [-0.25, -0.2) is 4.39 Å². The fourth-order valence-electron chi connectivity index (χ4n) is 1.37. The molecular weight excluding hydrogens is 223 g/mol. The van der Waals surface area contributed by atoms with Crippen LogP contribution >= 0.6 is 11.6 Å².